The molecule has 1 aliphatic heterocycles. The second kappa shape index (κ2) is 6.16. The predicted octanol–water partition coefficient (Wildman–Crippen LogP) is -0.198. The predicted molar refractivity (Wildman–Crippen MR) is 73.3 cm³/mol. The highest BCUT2D eigenvalue weighted by Crippen LogP contribution is 2.08. The Morgan fingerprint density at radius 3 is 2.63 bits per heavy atom. The van der Waals surface area contributed by atoms with Crippen molar-refractivity contribution >= 4 is 5.91 Å². The number of hydrogen-bond acceptors (Lipinski definition) is 4. The maximum atomic E-state index is 11.9. The van der Waals surface area contributed by atoms with E-state index in [1.54, 1.807) is 0 Å². The molecule has 2 heterocycles. The fraction of sp³-hybridized carbons (Fsp3) is 0.692. The molecule has 1 aromatic heterocycles. The summed E-state index contributed by atoms with van der Waals surface area (Å²) < 4.78 is 2.04. The zero-order valence-corrected chi connectivity index (χ0v) is 11.7. The standard InChI is InChI=1S/C13H23N5O/c1-11(14)9-13(19)18-7-5-17(6-8-18)10-12-15-3-4-16(12)2/h3-4,11H,5-10,14H2,1-2H3. The van der Waals surface area contributed by atoms with Gasteiger partial charge in [0.05, 0.1) is 6.54 Å². The SMILES string of the molecule is CC(N)CC(=O)N1CCN(Cc2nccn2C)CC1. The molecule has 1 fully saturated rings. The zero-order valence-electron chi connectivity index (χ0n) is 11.7. The summed E-state index contributed by atoms with van der Waals surface area (Å²) in [6.45, 7) is 6.09. The third-order valence-electron chi connectivity index (χ3n) is 3.51. The number of nitrogens with two attached hydrogens (primary N) is 1. The van der Waals surface area contributed by atoms with E-state index in [2.05, 4.69) is 9.88 Å². The first-order chi connectivity index (χ1) is 9.06. The van der Waals surface area contributed by atoms with E-state index in [0.29, 0.717) is 6.42 Å². The van der Waals surface area contributed by atoms with Crippen LogP contribution in [-0.2, 0) is 18.4 Å². The normalized spacial score (nSPS) is 18.6. The Morgan fingerprint density at radius 1 is 1.42 bits per heavy atom. The van der Waals surface area contributed by atoms with Gasteiger partial charge in [-0.25, -0.2) is 4.98 Å². The van der Waals surface area contributed by atoms with Crippen molar-refractivity contribution < 1.29 is 4.79 Å². The van der Waals surface area contributed by atoms with Crippen LogP contribution in [0.25, 0.3) is 0 Å². The monoisotopic (exact) mass is 265 g/mol. The number of carbonyl (C=O) groups is 1. The van der Waals surface area contributed by atoms with E-state index in [9.17, 15) is 4.79 Å². The van der Waals surface area contributed by atoms with Gasteiger partial charge in [0.25, 0.3) is 0 Å². The second-order valence-corrected chi connectivity index (χ2v) is 5.29. The van der Waals surface area contributed by atoms with E-state index < -0.39 is 0 Å². The highest BCUT2D eigenvalue weighted by atomic mass is 16.2. The maximum Gasteiger partial charge on any atom is 0.224 e. The van der Waals surface area contributed by atoms with E-state index in [1.165, 1.54) is 0 Å². The van der Waals surface area contributed by atoms with Crippen LogP contribution in [-0.4, -0.2) is 57.5 Å². The van der Waals surface area contributed by atoms with Gasteiger partial charge >= 0.3 is 0 Å². The Hall–Kier alpha value is -1.40. The summed E-state index contributed by atoms with van der Waals surface area (Å²) in [5.41, 5.74) is 5.67. The van der Waals surface area contributed by atoms with Crippen molar-refractivity contribution in [3.05, 3.63) is 18.2 Å². The number of rotatable bonds is 4. The van der Waals surface area contributed by atoms with Gasteiger partial charge in [0.15, 0.2) is 0 Å². The average Bonchev–Trinajstić information content (AvgIpc) is 2.75. The van der Waals surface area contributed by atoms with Gasteiger partial charge in [-0.1, -0.05) is 0 Å². The molecule has 2 rings (SSSR count). The van der Waals surface area contributed by atoms with Crippen LogP contribution >= 0.6 is 0 Å². The number of amides is 1. The summed E-state index contributed by atoms with van der Waals surface area (Å²) in [6.07, 6.45) is 4.22. The highest BCUT2D eigenvalue weighted by Gasteiger charge is 2.22. The molecule has 0 spiro atoms. The van der Waals surface area contributed by atoms with Crippen LogP contribution < -0.4 is 5.73 Å². The van der Waals surface area contributed by atoms with Gasteiger partial charge in [-0.15, -0.1) is 0 Å². The number of aryl methyl sites for hydroxylation is 1. The number of aromatic nitrogens is 2. The van der Waals surface area contributed by atoms with Gasteiger partial charge in [0.1, 0.15) is 5.82 Å². The number of nitrogens with zero attached hydrogens (tertiary/aromatic N) is 4. The van der Waals surface area contributed by atoms with E-state index in [-0.39, 0.29) is 11.9 Å². The lowest BCUT2D eigenvalue weighted by Crippen LogP contribution is -2.49. The first-order valence-electron chi connectivity index (χ1n) is 6.78. The van der Waals surface area contributed by atoms with Crippen molar-refractivity contribution in [2.45, 2.75) is 25.9 Å². The van der Waals surface area contributed by atoms with Crippen molar-refractivity contribution in [1.29, 1.82) is 0 Å². The summed E-state index contributed by atoms with van der Waals surface area (Å²) in [5.74, 6) is 1.24. The number of piperazine rings is 1. The quantitative estimate of drug-likeness (QED) is 0.819. The molecule has 0 aliphatic carbocycles. The third kappa shape index (κ3) is 3.78. The molecule has 1 amide bonds. The molecular formula is C13H23N5O. The molecule has 1 aromatic rings. The smallest absolute Gasteiger partial charge is 0.224 e. The Balaban J connectivity index is 1.79. The molecule has 1 saturated heterocycles. The molecule has 0 saturated carbocycles. The van der Waals surface area contributed by atoms with Gasteiger partial charge in [0, 0.05) is 58.1 Å². The first kappa shape index (κ1) is 14.0. The molecule has 19 heavy (non-hydrogen) atoms. The molecule has 1 atom stereocenters. The van der Waals surface area contributed by atoms with Crippen LogP contribution in [0.5, 0.6) is 0 Å². The Morgan fingerprint density at radius 2 is 2.11 bits per heavy atom. The van der Waals surface area contributed by atoms with Crippen LogP contribution in [0.2, 0.25) is 0 Å². The first-order valence-corrected chi connectivity index (χ1v) is 6.78. The fourth-order valence-electron chi connectivity index (χ4n) is 2.31. The van der Waals surface area contributed by atoms with Crippen LogP contribution in [0.1, 0.15) is 19.2 Å². The molecule has 1 unspecified atom stereocenters. The zero-order chi connectivity index (χ0) is 13.8. The summed E-state index contributed by atoms with van der Waals surface area (Å²) in [5, 5.41) is 0. The molecule has 106 valence electrons. The van der Waals surface area contributed by atoms with Gasteiger partial charge in [-0.05, 0) is 6.92 Å². The topological polar surface area (TPSA) is 67.4 Å². The van der Waals surface area contributed by atoms with Crippen LogP contribution in [0, 0.1) is 0 Å². The molecule has 6 heteroatoms. The molecule has 0 aromatic carbocycles. The van der Waals surface area contributed by atoms with Gasteiger partial charge < -0.3 is 15.2 Å². The molecule has 0 bridgehead atoms. The molecule has 2 N–H and O–H groups in total. The summed E-state index contributed by atoms with van der Waals surface area (Å²) in [4.78, 5) is 20.5. The lowest BCUT2D eigenvalue weighted by molar-refractivity contribution is -0.133. The van der Waals surface area contributed by atoms with Gasteiger partial charge in [-0.2, -0.15) is 0 Å². The van der Waals surface area contributed by atoms with Crippen molar-refractivity contribution in [2.75, 3.05) is 26.2 Å². The molecular weight excluding hydrogens is 242 g/mol. The highest BCUT2D eigenvalue weighted by molar-refractivity contribution is 5.76. The summed E-state index contributed by atoms with van der Waals surface area (Å²) >= 11 is 0. The van der Waals surface area contributed by atoms with E-state index in [1.807, 2.05) is 35.8 Å². The second-order valence-electron chi connectivity index (χ2n) is 5.29. The Labute approximate surface area is 114 Å². The largest absolute Gasteiger partial charge is 0.340 e. The average molecular weight is 265 g/mol. The Bertz CT molecular complexity index is 420. The minimum Gasteiger partial charge on any atom is -0.340 e. The fourth-order valence-corrected chi connectivity index (χ4v) is 2.31. The molecule has 0 radical (unpaired) electrons. The number of carbonyl (C=O) groups excluding carboxylic acids is 1. The van der Waals surface area contributed by atoms with Gasteiger partial charge in [0.2, 0.25) is 5.91 Å². The number of imidazole rings is 1. The maximum absolute atomic E-state index is 11.9. The van der Waals surface area contributed by atoms with Crippen LogP contribution in [0.3, 0.4) is 0 Å². The number of hydrogen-bond donors (Lipinski definition) is 1. The molecule has 1 aliphatic rings. The van der Waals surface area contributed by atoms with Gasteiger partial charge in [-0.3, -0.25) is 9.69 Å². The van der Waals surface area contributed by atoms with E-state index in [0.717, 1.165) is 38.5 Å². The van der Waals surface area contributed by atoms with Crippen LogP contribution in [0.4, 0.5) is 0 Å². The Kier molecular flexibility index (Phi) is 4.55. The summed E-state index contributed by atoms with van der Waals surface area (Å²) in [6, 6.07) is -0.0573. The summed E-state index contributed by atoms with van der Waals surface area (Å²) in [7, 11) is 2.00. The lowest BCUT2D eigenvalue weighted by Gasteiger charge is -2.34. The van der Waals surface area contributed by atoms with Crippen molar-refractivity contribution in [1.82, 2.24) is 19.4 Å². The molecule has 6 nitrogen and oxygen atoms in total. The lowest BCUT2D eigenvalue weighted by atomic mass is 10.2. The van der Waals surface area contributed by atoms with Crippen molar-refractivity contribution in [3.8, 4) is 0 Å². The third-order valence-corrected chi connectivity index (χ3v) is 3.51. The van der Waals surface area contributed by atoms with Crippen molar-refractivity contribution in [2.24, 2.45) is 12.8 Å². The van der Waals surface area contributed by atoms with Crippen LogP contribution in [0.15, 0.2) is 12.4 Å². The van der Waals surface area contributed by atoms with E-state index in [4.69, 9.17) is 5.73 Å². The minimum atomic E-state index is -0.0573. The van der Waals surface area contributed by atoms with E-state index >= 15 is 0 Å². The van der Waals surface area contributed by atoms with Crippen molar-refractivity contribution in [3.63, 3.8) is 0 Å². The minimum absolute atomic E-state index is 0.0573.